The van der Waals surface area contributed by atoms with Gasteiger partial charge in [0.15, 0.2) is 0 Å². The lowest BCUT2D eigenvalue weighted by atomic mass is 10.0. The minimum atomic E-state index is -0.653. The van der Waals surface area contributed by atoms with Crippen molar-refractivity contribution in [3.63, 3.8) is 0 Å². The maximum atomic E-state index is 12.3. The van der Waals surface area contributed by atoms with Crippen LogP contribution in [-0.4, -0.2) is 23.8 Å². The molecule has 0 unspecified atom stereocenters. The van der Waals surface area contributed by atoms with Gasteiger partial charge in [-0.3, -0.25) is 14.4 Å². The second kappa shape index (κ2) is 7.49. The third-order valence-electron chi connectivity index (χ3n) is 4.33. The standard InChI is InChI=1S/C20H21N3O4/c1-11-8-16-17(9-12(11)2)23-20(26)18(22-16)10-19(25)21-14-4-6-15(7-5-14)27-13(3)24/h4-9,18,22H,10H2,1-3H3,(H,21,25)(H,23,26)/t18-/m0/s1. The molecule has 0 spiro atoms. The van der Waals surface area contributed by atoms with Crippen LogP contribution in [0.4, 0.5) is 17.1 Å². The number of benzene rings is 2. The van der Waals surface area contributed by atoms with Gasteiger partial charge in [-0.1, -0.05) is 0 Å². The highest BCUT2D eigenvalue weighted by atomic mass is 16.5. The number of nitrogens with one attached hydrogen (secondary N) is 3. The highest BCUT2D eigenvalue weighted by Crippen LogP contribution is 2.30. The molecule has 140 valence electrons. The highest BCUT2D eigenvalue weighted by Gasteiger charge is 2.28. The Bertz CT molecular complexity index is 906. The number of carbonyl (C=O) groups is 3. The summed E-state index contributed by atoms with van der Waals surface area (Å²) in [6.07, 6.45) is -0.0100. The van der Waals surface area contributed by atoms with E-state index in [4.69, 9.17) is 4.74 Å². The number of ether oxygens (including phenoxy) is 1. The lowest BCUT2D eigenvalue weighted by molar-refractivity contribution is -0.131. The van der Waals surface area contributed by atoms with Gasteiger partial charge in [-0.05, 0) is 61.4 Å². The predicted molar refractivity (Wildman–Crippen MR) is 103 cm³/mol. The Morgan fingerprint density at radius 3 is 2.33 bits per heavy atom. The van der Waals surface area contributed by atoms with Gasteiger partial charge < -0.3 is 20.7 Å². The van der Waals surface area contributed by atoms with E-state index in [1.54, 1.807) is 24.3 Å². The van der Waals surface area contributed by atoms with Crippen LogP contribution in [0.2, 0.25) is 0 Å². The summed E-state index contributed by atoms with van der Waals surface area (Å²) in [6, 6.07) is 9.66. The van der Waals surface area contributed by atoms with Gasteiger partial charge in [-0.2, -0.15) is 0 Å². The zero-order valence-corrected chi connectivity index (χ0v) is 15.4. The van der Waals surface area contributed by atoms with E-state index in [0.717, 1.165) is 22.5 Å². The van der Waals surface area contributed by atoms with Gasteiger partial charge in [0.1, 0.15) is 11.8 Å². The molecule has 0 radical (unpaired) electrons. The maximum Gasteiger partial charge on any atom is 0.308 e. The van der Waals surface area contributed by atoms with E-state index >= 15 is 0 Å². The van der Waals surface area contributed by atoms with Crippen LogP contribution in [0.5, 0.6) is 5.75 Å². The molecular formula is C20H21N3O4. The Labute approximate surface area is 157 Å². The van der Waals surface area contributed by atoms with E-state index in [-0.39, 0.29) is 18.2 Å². The summed E-state index contributed by atoms with van der Waals surface area (Å²) in [5.41, 5.74) is 4.28. The van der Waals surface area contributed by atoms with E-state index in [1.165, 1.54) is 6.92 Å². The molecular weight excluding hydrogens is 346 g/mol. The molecule has 1 aliphatic heterocycles. The molecule has 0 aromatic heterocycles. The molecule has 7 nitrogen and oxygen atoms in total. The van der Waals surface area contributed by atoms with Crippen molar-refractivity contribution in [2.24, 2.45) is 0 Å². The van der Waals surface area contributed by atoms with Crippen molar-refractivity contribution in [2.75, 3.05) is 16.0 Å². The third kappa shape index (κ3) is 4.44. The highest BCUT2D eigenvalue weighted by molar-refractivity contribution is 6.06. The first-order valence-electron chi connectivity index (χ1n) is 8.59. The minimum Gasteiger partial charge on any atom is -0.427 e. The lowest BCUT2D eigenvalue weighted by Crippen LogP contribution is -2.41. The Morgan fingerprint density at radius 1 is 1.07 bits per heavy atom. The summed E-state index contributed by atoms with van der Waals surface area (Å²) in [4.78, 5) is 35.5. The first-order valence-corrected chi connectivity index (χ1v) is 8.59. The number of amides is 2. The zero-order chi connectivity index (χ0) is 19.6. The predicted octanol–water partition coefficient (Wildman–Crippen LogP) is 2.99. The minimum absolute atomic E-state index is 0.0100. The van der Waals surface area contributed by atoms with Crippen LogP contribution < -0.4 is 20.7 Å². The van der Waals surface area contributed by atoms with Crippen LogP contribution in [0.25, 0.3) is 0 Å². The topological polar surface area (TPSA) is 96.5 Å². The molecule has 0 aliphatic carbocycles. The molecule has 2 amide bonds. The average Bonchev–Trinajstić information content (AvgIpc) is 2.59. The number of aryl methyl sites for hydroxylation is 2. The van der Waals surface area contributed by atoms with Gasteiger partial charge >= 0.3 is 5.97 Å². The molecule has 0 saturated carbocycles. The Balaban J connectivity index is 1.63. The fourth-order valence-corrected chi connectivity index (χ4v) is 2.83. The van der Waals surface area contributed by atoms with Crippen LogP contribution in [0, 0.1) is 13.8 Å². The van der Waals surface area contributed by atoms with Gasteiger partial charge in [0.05, 0.1) is 17.8 Å². The molecule has 0 bridgehead atoms. The summed E-state index contributed by atoms with van der Waals surface area (Å²) < 4.78 is 4.95. The van der Waals surface area contributed by atoms with Crippen LogP contribution in [-0.2, 0) is 14.4 Å². The summed E-state index contributed by atoms with van der Waals surface area (Å²) in [7, 11) is 0. The summed E-state index contributed by atoms with van der Waals surface area (Å²) in [5.74, 6) is -0.552. The normalized spacial score (nSPS) is 15.2. The second-order valence-corrected chi connectivity index (χ2v) is 6.54. The smallest absolute Gasteiger partial charge is 0.308 e. The number of rotatable bonds is 4. The molecule has 0 fully saturated rings. The van der Waals surface area contributed by atoms with Crippen molar-refractivity contribution in [3.8, 4) is 5.75 Å². The van der Waals surface area contributed by atoms with E-state index in [0.29, 0.717) is 11.4 Å². The Morgan fingerprint density at radius 2 is 1.70 bits per heavy atom. The summed E-state index contributed by atoms with van der Waals surface area (Å²) >= 11 is 0. The molecule has 2 aromatic rings. The SMILES string of the molecule is CC(=O)Oc1ccc(NC(=O)C[C@@H]2Nc3cc(C)c(C)cc3NC2=O)cc1. The quantitative estimate of drug-likeness (QED) is 0.570. The van der Waals surface area contributed by atoms with Crippen LogP contribution in [0.15, 0.2) is 36.4 Å². The van der Waals surface area contributed by atoms with Gasteiger partial charge in [-0.15, -0.1) is 0 Å². The maximum absolute atomic E-state index is 12.3. The number of esters is 1. The van der Waals surface area contributed by atoms with E-state index in [2.05, 4.69) is 16.0 Å². The molecule has 1 heterocycles. The summed E-state index contributed by atoms with van der Waals surface area (Å²) in [5, 5.41) is 8.71. The van der Waals surface area contributed by atoms with Crippen molar-refractivity contribution in [1.82, 2.24) is 0 Å². The lowest BCUT2D eigenvalue weighted by Gasteiger charge is -2.27. The molecule has 3 rings (SSSR count). The Hall–Kier alpha value is -3.35. The number of hydrogen-bond acceptors (Lipinski definition) is 5. The van der Waals surface area contributed by atoms with Gasteiger partial charge in [0, 0.05) is 12.6 Å². The van der Waals surface area contributed by atoms with Crippen molar-refractivity contribution in [1.29, 1.82) is 0 Å². The van der Waals surface area contributed by atoms with E-state index in [1.807, 2.05) is 26.0 Å². The monoisotopic (exact) mass is 367 g/mol. The molecule has 3 N–H and O–H groups in total. The van der Waals surface area contributed by atoms with Gasteiger partial charge in [0.25, 0.3) is 0 Å². The largest absolute Gasteiger partial charge is 0.427 e. The van der Waals surface area contributed by atoms with Crippen LogP contribution in [0.3, 0.4) is 0 Å². The number of anilines is 3. The molecule has 7 heteroatoms. The molecule has 27 heavy (non-hydrogen) atoms. The fraction of sp³-hybridized carbons (Fsp3) is 0.250. The summed E-state index contributed by atoms with van der Waals surface area (Å²) in [6.45, 7) is 5.29. The second-order valence-electron chi connectivity index (χ2n) is 6.54. The third-order valence-corrected chi connectivity index (χ3v) is 4.33. The van der Waals surface area contributed by atoms with E-state index < -0.39 is 12.0 Å². The molecule has 0 saturated heterocycles. The number of carbonyl (C=O) groups excluding carboxylic acids is 3. The fourth-order valence-electron chi connectivity index (χ4n) is 2.83. The zero-order valence-electron chi connectivity index (χ0n) is 15.4. The van der Waals surface area contributed by atoms with Gasteiger partial charge in [-0.25, -0.2) is 0 Å². The van der Waals surface area contributed by atoms with Crippen molar-refractivity contribution in [2.45, 2.75) is 33.2 Å². The average molecular weight is 367 g/mol. The number of hydrogen-bond donors (Lipinski definition) is 3. The molecule has 1 atom stereocenters. The van der Waals surface area contributed by atoms with Crippen molar-refractivity contribution in [3.05, 3.63) is 47.5 Å². The van der Waals surface area contributed by atoms with E-state index in [9.17, 15) is 14.4 Å². The first-order chi connectivity index (χ1) is 12.8. The molecule has 1 aliphatic rings. The van der Waals surface area contributed by atoms with Gasteiger partial charge in [0.2, 0.25) is 11.8 Å². The van der Waals surface area contributed by atoms with Crippen molar-refractivity contribution < 1.29 is 19.1 Å². The molecule has 2 aromatic carbocycles. The number of fused-ring (bicyclic) bond motifs is 1. The van der Waals surface area contributed by atoms with Crippen LogP contribution >= 0.6 is 0 Å². The van der Waals surface area contributed by atoms with Crippen LogP contribution in [0.1, 0.15) is 24.5 Å². The Kier molecular flexibility index (Phi) is 5.12. The first kappa shape index (κ1) is 18.4. The van der Waals surface area contributed by atoms with Crippen molar-refractivity contribution >= 4 is 34.8 Å².